The Labute approximate surface area is 154 Å². The van der Waals surface area contributed by atoms with E-state index >= 15 is 0 Å². The fraction of sp³-hybridized carbons (Fsp3) is 0.421. The zero-order valence-corrected chi connectivity index (χ0v) is 15.8. The summed E-state index contributed by atoms with van der Waals surface area (Å²) in [5.41, 5.74) is 1.75. The maximum Gasteiger partial charge on any atom is 0.254 e. The van der Waals surface area contributed by atoms with Crippen molar-refractivity contribution < 1.29 is 9.53 Å². The number of anilines is 2. The van der Waals surface area contributed by atoms with E-state index in [0.29, 0.717) is 24.8 Å². The number of hydrogen-bond donors (Lipinski definition) is 0. The van der Waals surface area contributed by atoms with Gasteiger partial charge in [0.1, 0.15) is 11.6 Å². The molecule has 1 aromatic heterocycles. The van der Waals surface area contributed by atoms with Gasteiger partial charge in [-0.1, -0.05) is 6.07 Å². The molecule has 2 aromatic rings. The number of amides is 1. The van der Waals surface area contributed by atoms with Gasteiger partial charge in [0.05, 0.1) is 7.11 Å². The van der Waals surface area contributed by atoms with Gasteiger partial charge < -0.3 is 19.4 Å². The second kappa shape index (κ2) is 7.59. The minimum atomic E-state index is 0.0739. The van der Waals surface area contributed by atoms with Gasteiger partial charge in [0.25, 0.3) is 5.91 Å². The standard InChI is InChI=1S/C19H25N5O2/c1-14-20-17(13-18(21-14)26-4)23-8-10-24(11-9-23)19(25)15-6-5-7-16(12-15)22(2)3/h5-7,12-13H,8-11H2,1-4H3. The van der Waals surface area contributed by atoms with E-state index in [2.05, 4.69) is 14.9 Å². The van der Waals surface area contributed by atoms with E-state index in [1.54, 1.807) is 7.11 Å². The van der Waals surface area contributed by atoms with Gasteiger partial charge in [-0.3, -0.25) is 4.79 Å². The first-order valence-electron chi connectivity index (χ1n) is 8.69. The lowest BCUT2D eigenvalue weighted by molar-refractivity contribution is 0.0746. The van der Waals surface area contributed by atoms with Crippen LogP contribution in [-0.2, 0) is 0 Å². The van der Waals surface area contributed by atoms with Crippen molar-refractivity contribution in [1.29, 1.82) is 0 Å². The summed E-state index contributed by atoms with van der Waals surface area (Å²) in [4.78, 5) is 27.6. The van der Waals surface area contributed by atoms with E-state index in [-0.39, 0.29) is 5.91 Å². The Kier molecular flexibility index (Phi) is 5.25. The molecule has 0 spiro atoms. The van der Waals surface area contributed by atoms with Gasteiger partial charge in [0.15, 0.2) is 0 Å². The molecule has 2 heterocycles. The smallest absolute Gasteiger partial charge is 0.254 e. The van der Waals surface area contributed by atoms with E-state index in [1.807, 2.05) is 61.2 Å². The van der Waals surface area contributed by atoms with E-state index < -0.39 is 0 Å². The molecule has 1 aliphatic heterocycles. The summed E-state index contributed by atoms with van der Waals surface area (Å²) in [6, 6.07) is 9.58. The summed E-state index contributed by atoms with van der Waals surface area (Å²) in [6.45, 7) is 4.65. The van der Waals surface area contributed by atoms with Gasteiger partial charge >= 0.3 is 0 Å². The van der Waals surface area contributed by atoms with Crippen molar-refractivity contribution in [2.75, 3.05) is 57.2 Å². The van der Waals surface area contributed by atoms with Crippen LogP contribution in [-0.4, -0.2) is 68.2 Å². The van der Waals surface area contributed by atoms with Crippen molar-refractivity contribution in [1.82, 2.24) is 14.9 Å². The van der Waals surface area contributed by atoms with Crippen LogP contribution >= 0.6 is 0 Å². The predicted molar refractivity (Wildman–Crippen MR) is 102 cm³/mol. The number of methoxy groups -OCH3 is 1. The van der Waals surface area contributed by atoms with Crippen LogP contribution in [0, 0.1) is 6.92 Å². The Bertz CT molecular complexity index is 785. The summed E-state index contributed by atoms with van der Waals surface area (Å²) >= 11 is 0. The zero-order chi connectivity index (χ0) is 18.7. The molecular weight excluding hydrogens is 330 g/mol. The van der Waals surface area contributed by atoms with Crippen molar-refractivity contribution >= 4 is 17.4 Å². The first-order valence-corrected chi connectivity index (χ1v) is 8.69. The van der Waals surface area contributed by atoms with Crippen molar-refractivity contribution in [3.8, 4) is 5.88 Å². The van der Waals surface area contributed by atoms with Crippen LogP contribution in [0.4, 0.5) is 11.5 Å². The lowest BCUT2D eigenvalue weighted by atomic mass is 10.1. The second-order valence-corrected chi connectivity index (χ2v) is 6.54. The average Bonchev–Trinajstić information content (AvgIpc) is 2.67. The van der Waals surface area contributed by atoms with Crippen LogP contribution in [0.3, 0.4) is 0 Å². The number of nitrogens with zero attached hydrogens (tertiary/aromatic N) is 5. The van der Waals surface area contributed by atoms with Crippen LogP contribution in [0.2, 0.25) is 0 Å². The van der Waals surface area contributed by atoms with E-state index in [0.717, 1.165) is 30.2 Å². The molecule has 0 atom stereocenters. The number of hydrogen-bond acceptors (Lipinski definition) is 6. The minimum Gasteiger partial charge on any atom is -0.481 e. The molecule has 1 aliphatic rings. The highest BCUT2D eigenvalue weighted by molar-refractivity contribution is 5.95. The molecule has 1 saturated heterocycles. The number of aromatic nitrogens is 2. The SMILES string of the molecule is COc1cc(N2CCN(C(=O)c3cccc(N(C)C)c3)CC2)nc(C)n1. The van der Waals surface area contributed by atoms with Crippen LogP contribution in [0.15, 0.2) is 30.3 Å². The minimum absolute atomic E-state index is 0.0739. The molecule has 0 unspecified atom stereocenters. The Morgan fingerprint density at radius 2 is 1.85 bits per heavy atom. The van der Waals surface area contributed by atoms with E-state index in [1.165, 1.54) is 0 Å². The molecule has 0 saturated carbocycles. The van der Waals surface area contributed by atoms with Crippen molar-refractivity contribution in [3.05, 3.63) is 41.7 Å². The first-order chi connectivity index (χ1) is 12.5. The number of piperazine rings is 1. The van der Waals surface area contributed by atoms with Crippen LogP contribution in [0.1, 0.15) is 16.2 Å². The average molecular weight is 355 g/mol. The number of rotatable bonds is 4. The molecule has 1 fully saturated rings. The summed E-state index contributed by atoms with van der Waals surface area (Å²) in [5, 5.41) is 0. The Hall–Kier alpha value is -2.83. The molecule has 3 rings (SSSR count). The largest absolute Gasteiger partial charge is 0.481 e. The number of carbonyl (C=O) groups excluding carboxylic acids is 1. The normalized spacial score (nSPS) is 14.3. The van der Waals surface area contributed by atoms with Crippen LogP contribution in [0.5, 0.6) is 5.88 Å². The lowest BCUT2D eigenvalue weighted by Gasteiger charge is -2.35. The highest BCUT2D eigenvalue weighted by Crippen LogP contribution is 2.20. The monoisotopic (exact) mass is 355 g/mol. The van der Waals surface area contributed by atoms with E-state index in [9.17, 15) is 4.79 Å². The summed E-state index contributed by atoms with van der Waals surface area (Å²) in [6.07, 6.45) is 0. The van der Waals surface area contributed by atoms with Gasteiger partial charge in [-0.2, -0.15) is 4.98 Å². The molecule has 0 aliphatic carbocycles. The highest BCUT2D eigenvalue weighted by Gasteiger charge is 2.23. The van der Waals surface area contributed by atoms with Gasteiger partial charge in [-0.15, -0.1) is 0 Å². The van der Waals surface area contributed by atoms with Crippen LogP contribution in [0.25, 0.3) is 0 Å². The maximum absolute atomic E-state index is 12.8. The fourth-order valence-electron chi connectivity index (χ4n) is 3.03. The van der Waals surface area contributed by atoms with Gasteiger partial charge in [0.2, 0.25) is 5.88 Å². The third-order valence-corrected chi connectivity index (χ3v) is 4.51. The molecule has 138 valence electrons. The summed E-state index contributed by atoms with van der Waals surface area (Å²) < 4.78 is 5.23. The number of benzene rings is 1. The fourth-order valence-corrected chi connectivity index (χ4v) is 3.03. The van der Waals surface area contributed by atoms with Gasteiger partial charge in [-0.05, 0) is 25.1 Å². The Morgan fingerprint density at radius 3 is 2.50 bits per heavy atom. The third kappa shape index (κ3) is 3.87. The molecule has 1 amide bonds. The summed E-state index contributed by atoms with van der Waals surface area (Å²) in [7, 11) is 5.55. The summed E-state index contributed by atoms with van der Waals surface area (Å²) in [5.74, 6) is 2.16. The lowest BCUT2D eigenvalue weighted by Crippen LogP contribution is -2.49. The molecule has 0 bridgehead atoms. The predicted octanol–water partition coefficient (Wildman–Crippen LogP) is 1.82. The highest BCUT2D eigenvalue weighted by atomic mass is 16.5. The molecule has 26 heavy (non-hydrogen) atoms. The molecule has 0 N–H and O–H groups in total. The number of aryl methyl sites for hydroxylation is 1. The van der Waals surface area contributed by atoms with Gasteiger partial charge in [0, 0.05) is 57.6 Å². The topological polar surface area (TPSA) is 61.8 Å². The molecule has 7 heteroatoms. The molecular formula is C19H25N5O2. The first kappa shape index (κ1) is 18.0. The number of ether oxygens (including phenoxy) is 1. The molecule has 7 nitrogen and oxygen atoms in total. The maximum atomic E-state index is 12.8. The van der Waals surface area contributed by atoms with Crippen LogP contribution < -0.4 is 14.5 Å². The van der Waals surface area contributed by atoms with Crippen molar-refractivity contribution in [2.45, 2.75) is 6.92 Å². The third-order valence-electron chi connectivity index (χ3n) is 4.51. The Morgan fingerprint density at radius 1 is 1.12 bits per heavy atom. The van der Waals surface area contributed by atoms with E-state index in [4.69, 9.17) is 4.74 Å². The van der Waals surface area contributed by atoms with Crippen molar-refractivity contribution in [3.63, 3.8) is 0 Å². The van der Waals surface area contributed by atoms with Crippen molar-refractivity contribution in [2.24, 2.45) is 0 Å². The molecule has 1 aromatic carbocycles. The Balaban J connectivity index is 1.67. The quantitative estimate of drug-likeness (QED) is 0.834. The van der Waals surface area contributed by atoms with Gasteiger partial charge in [-0.25, -0.2) is 4.98 Å². The molecule has 0 radical (unpaired) electrons. The zero-order valence-electron chi connectivity index (χ0n) is 15.8. The second-order valence-electron chi connectivity index (χ2n) is 6.54. The number of carbonyl (C=O) groups is 1.